The highest BCUT2D eigenvalue weighted by atomic mass is 79.9. The number of aromatic nitrogens is 1. The van der Waals surface area contributed by atoms with E-state index in [9.17, 15) is 23.1 Å². The number of likely N-dealkylation sites (N-methyl/N-ethyl adjacent to an activating group) is 1. The van der Waals surface area contributed by atoms with E-state index < -0.39 is 23.2 Å². The van der Waals surface area contributed by atoms with Crippen LogP contribution in [0, 0.1) is 0 Å². The molecule has 2 aromatic rings. The zero-order valence-corrected chi connectivity index (χ0v) is 13.6. The summed E-state index contributed by atoms with van der Waals surface area (Å²) in [6, 6.07) is 2.08. The van der Waals surface area contributed by atoms with Crippen LogP contribution >= 0.6 is 27.3 Å². The van der Waals surface area contributed by atoms with Gasteiger partial charge in [0.1, 0.15) is 0 Å². The Bertz CT molecular complexity index is 734. The summed E-state index contributed by atoms with van der Waals surface area (Å²) in [5.41, 5.74) is 1.64. The summed E-state index contributed by atoms with van der Waals surface area (Å²) in [6.45, 7) is 1.41. The molecule has 0 aliphatic rings. The number of alkyl halides is 3. The summed E-state index contributed by atoms with van der Waals surface area (Å²) in [7, 11) is 0. The highest BCUT2D eigenvalue weighted by Gasteiger charge is 2.60. The van der Waals surface area contributed by atoms with E-state index in [1.807, 2.05) is 5.32 Å². The minimum absolute atomic E-state index is 0.0475. The number of nitrogen functional groups attached to an aromatic ring is 1. The molecule has 5 nitrogen and oxygen atoms in total. The Morgan fingerprint density at radius 1 is 1.50 bits per heavy atom. The van der Waals surface area contributed by atoms with Crippen LogP contribution < -0.4 is 11.1 Å². The second-order valence-corrected chi connectivity index (χ2v) is 6.34. The molecule has 22 heavy (non-hydrogen) atoms. The molecule has 0 radical (unpaired) electrons. The molecule has 1 amide bonds. The van der Waals surface area contributed by atoms with Crippen LogP contribution in [0.4, 0.5) is 18.3 Å². The second kappa shape index (κ2) is 5.67. The predicted molar refractivity (Wildman–Crippen MR) is 80.4 cm³/mol. The van der Waals surface area contributed by atoms with Gasteiger partial charge in [-0.1, -0.05) is 11.3 Å². The third kappa shape index (κ3) is 2.66. The normalized spacial score (nSPS) is 14.8. The van der Waals surface area contributed by atoms with Gasteiger partial charge in [-0.15, -0.1) is 0 Å². The number of carbonyl (C=O) groups excluding carboxylic acids is 1. The fourth-order valence-corrected chi connectivity index (χ4v) is 3.41. The zero-order chi connectivity index (χ0) is 16.7. The Balaban J connectivity index is 2.69. The van der Waals surface area contributed by atoms with Gasteiger partial charge >= 0.3 is 6.18 Å². The maximum absolute atomic E-state index is 13.3. The second-order valence-electron chi connectivity index (χ2n) is 4.42. The van der Waals surface area contributed by atoms with Gasteiger partial charge in [-0.2, -0.15) is 13.2 Å². The number of fused-ring (bicyclic) bond motifs is 1. The average molecular weight is 398 g/mol. The number of hydrogen-bond acceptors (Lipinski definition) is 5. The van der Waals surface area contributed by atoms with Gasteiger partial charge in [-0.25, -0.2) is 4.98 Å². The van der Waals surface area contributed by atoms with Gasteiger partial charge in [-0.3, -0.25) is 4.79 Å². The smallest absolute Gasteiger partial charge is 0.375 e. The molecule has 1 atom stereocenters. The molecule has 1 aromatic heterocycles. The number of halogens is 4. The summed E-state index contributed by atoms with van der Waals surface area (Å²) in [4.78, 5) is 15.8. The number of thiazole rings is 1. The number of amides is 1. The molecule has 2 rings (SSSR count). The van der Waals surface area contributed by atoms with Crippen LogP contribution in [-0.4, -0.2) is 28.7 Å². The van der Waals surface area contributed by atoms with Gasteiger partial charge in [0.2, 0.25) is 0 Å². The number of nitrogens with one attached hydrogen (secondary N) is 1. The van der Waals surface area contributed by atoms with Gasteiger partial charge in [0.05, 0.1) is 10.2 Å². The van der Waals surface area contributed by atoms with Crippen LogP contribution in [0.25, 0.3) is 10.2 Å². The zero-order valence-electron chi connectivity index (χ0n) is 11.2. The number of benzene rings is 1. The Kier molecular flexibility index (Phi) is 4.37. The maximum atomic E-state index is 13.3. The fourth-order valence-electron chi connectivity index (χ4n) is 1.93. The van der Waals surface area contributed by atoms with Crippen molar-refractivity contribution >= 4 is 48.5 Å². The molecule has 0 aliphatic carbocycles. The van der Waals surface area contributed by atoms with Crippen LogP contribution in [0.2, 0.25) is 0 Å². The molecule has 0 spiro atoms. The van der Waals surface area contributed by atoms with E-state index in [0.717, 1.165) is 23.5 Å². The molecule has 0 bridgehead atoms. The summed E-state index contributed by atoms with van der Waals surface area (Å²) in [6.07, 6.45) is -5.18. The van der Waals surface area contributed by atoms with E-state index in [2.05, 4.69) is 20.9 Å². The van der Waals surface area contributed by atoms with E-state index in [4.69, 9.17) is 5.73 Å². The van der Waals surface area contributed by atoms with E-state index in [1.165, 1.54) is 6.92 Å². The Morgan fingerprint density at radius 3 is 2.68 bits per heavy atom. The van der Waals surface area contributed by atoms with Gasteiger partial charge in [0, 0.05) is 16.6 Å². The van der Waals surface area contributed by atoms with E-state index >= 15 is 0 Å². The van der Waals surface area contributed by atoms with Crippen LogP contribution in [0.1, 0.15) is 12.5 Å². The minimum Gasteiger partial charge on any atom is -0.375 e. The summed E-state index contributed by atoms with van der Waals surface area (Å²) in [5.74, 6) is -1.54. The van der Waals surface area contributed by atoms with Crippen molar-refractivity contribution in [3.05, 3.63) is 22.2 Å². The fraction of sp³-hybridized carbons (Fsp3) is 0.333. The molecule has 1 aromatic carbocycles. The number of carbonyl (C=O) groups is 1. The lowest BCUT2D eigenvalue weighted by Gasteiger charge is -2.29. The van der Waals surface area contributed by atoms with Crippen LogP contribution in [0.3, 0.4) is 0 Å². The Hall–Kier alpha value is -1.39. The topological polar surface area (TPSA) is 88.2 Å². The predicted octanol–water partition coefficient (Wildman–Crippen LogP) is 2.53. The molecular weight excluding hydrogens is 387 g/mol. The van der Waals surface area contributed by atoms with Crippen molar-refractivity contribution in [1.82, 2.24) is 10.3 Å². The first-order chi connectivity index (χ1) is 10.1. The largest absolute Gasteiger partial charge is 0.430 e. The highest BCUT2D eigenvalue weighted by Crippen LogP contribution is 2.42. The Morgan fingerprint density at radius 2 is 2.14 bits per heavy atom. The highest BCUT2D eigenvalue weighted by molar-refractivity contribution is 9.10. The lowest BCUT2D eigenvalue weighted by molar-refractivity contribution is -0.256. The van der Waals surface area contributed by atoms with Gasteiger partial charge in [-0.05, 0) is 35.0 Å². The molecule has 120 valence electrons. The van der Waals surface area contributed by atoms with E-state index in [-0.39, 0.29) is 16.1 Å². The minimum atomic E-state index is -5.18. The number of hydrogen-bond donors (Lipinski definition) is 3. The Labute approximate surface area is 135 Å². The van der Waals surface area contributed by atoms with Crippen molar-refractivity contribution in [1.29, 1.82) is 0 Å². The lowest BCUT2D eigenvalue weighted by atomic mass is 9.92. The standard InChI is InChI=1S/C12H11BrF3N3O2S/c1-2-18-9(20)11(21,12(14,15)16)5-3-6(13)8-7(4-5)22-10(17)19-8/h3-4,21H,2H2,1H3,(H2,17,19)(H,18,20)/t11-/m0/s1. The van der Waals surface area contributed by atoms with Crippen LogP contribution in [-0.2, 0) is 10.4 Å². The van der Waals surface area contributed by atoms with Gasteiger partial charge in [0.15, 0.2) is 5.13 Å². The summed E-state index contributed by atoms with van der Waals surface area (Å²) in [5, 5.41) is 12.3. The first-order valence-electron chi connectivity index (χ1n) is 6.04. The quantitative estimate of drug-likeness (QED) is 0.742. The number of rotatable bonds is 3. The van der Waals surface area contributed by atoms with Crippen molar-refractivity contribution < 1.29 is 23.1 Å². The molecule has 0 saturated carbocycles. The van der Waals surface area contributed by atoms with Crippen molar-refractivity contribution in [2.75, 3.05) is 12.3 Å². The molecule has 0 unspecified atom stereocenters. The SMILES string of the molecule is CCNC(=O)[C@@](O)(c1cc(Br)c2nc(N)sc2c1)C(F)(F)F. The third-order valence-corrected chi connectivity index (χ3v) is 4.39. The van der Waals surface area contributed by atoms with Crippen molar-refractivity contribution in [2.24, 2.45) is 0 Å². The van der Waals surface area contributed by atoms with Crippen molar-refractivity contribution in [2.45, 2.75) is 18.7 Å². The van der Waals surface area contributed by atoms with E-state index in [0.29, 0.717) is 10.2 Å². The molecule has 0 aliphatic heterocycles. The number of anilines is 1. The number of aliphatic hydroxyl groups is 1. The molecule has 0 saturated heterocycles. The van der Waals surface area contributed by atoms with Crippen molar-refractivity contribution in [3.63, 3.8) is 0 Å². The maximum Gasteiger partial charge on any atom is 0.430 e. The molecular formula is C12H11BrF3N3O2S. The van der Waals surface area contributed by atoms with E-state index in [1.54, 1.807) is 0 Å². The molecule has 0 fully saturated rings. The first-order valence-corrected chi connectivity index (χ1v) is 7.65. The monoisotopic (exact) mass is 397 g/mol. The lowest BCUT2D eigenvalue weighted by Crippen LogP contribution is -2.54. The molecule has 10 heteroatoms. The number of nitrogens with zero attached hydrogens (tertiary/aromatic N) is 1. The average Bonchev–Trinajstić information content (AvgIpc) is 2.77. The molecule has 1 heterocycles. The number of nitrogens with two attached hydrogens (primary N) is 1. The molecule has 4 N–H and O–H groups in total. The van der Waals surface area contributed by atoms with Crippen LogP contribution in [0.15, 0.2) is 16.6 Å². The summed E-state index contributed by atoms with van der Waals surface area (Å²) >= 11 is 4.05. The van der Waals surface area contributed by atoms with Gasteiger partial charge in [0.25, 0.3) is 11.5 Å². The third-order valence-electron chi connectivity index (χ3n) is 2.96. The van der Waals surface area contributed by atoms with Crippen molar-refractivity contribution in [3.8, 4) is 0 Å². The van der Waals surface area contributed by atoms with Gasteiger partial charge < -0.3 is 16.2 Å². The summed E-state index contributed by atoms with van der Waals surface area (Å²) < 4.78 is 40.5. The van der Waals surface area contributed by atoms with Crippen LogP contribution in [0.5, 0.6) is 0 Å². The first kappa shape index (κ1) is 17.0.